The molecule has 0 saturated heterocycles. The fourth-order valence-electron chi connectivity index (χ4n) is 1.26. The first-order valence-corrected chi connectivity index (χ1v) is 3.90. The van der Waals surface area contributed by atoms with Gasteiger partial charge in [0.15, 0.2) is 0 Å². The Kier molecular flexibility index (Phi) is 2.43. The normalized spacial score (nSPS) is 9.58. The summed E-state index contributed by atoms with van der Waals surface area (Å²) in [5, 5.41) is 3.10. The second-order valence-electron chi connectivity index (χ2n) is 2.89. The third-order valence-electron chi connectivity index (χ3n) is 1.78. The highest BCUT2D eigenvalue weighted by molar-refractivity contribution is 5.81. The van der Waals surface area contributed by atoms with Crippen molar-refractivity contribution < 1.29 is 0 Å². The third-order valence-corrected chi connectivity index (χ3v) is 1.78. The van der Waals surface area contributed by atoms with Crippen LogP contribution in [0.4, 0.5) is 17.1 Å². The third kappa shape index (κ3) is 1.44. The predicted octanol–water partition coefficient (Wildman–Crippen LogP) is 1.38. The zero-order valence-corrected chi connectivity index (χ0v) is 7.76. The number of benzene rings is 1. The molecule has 0 aliphatic carbocycles. The summed E-state index contributed by atoms with van der Waals surface area (Å²) in [5.41, 5.74) is 8.71. The topological polar surface area (TPSA) is 41.3 Å². The monoisotopic (exact) mass is 165 g/mol. The number of nitrogens with one attached hydrogen (secondary N) is 1. The first kappa shape index (κ1) is 8.71. The van der Waals surface area contributed by atoms with Gasteiger partial charge in [-0.1, -0.05) is 6.07 Å². The van der Waals surface area contributed by atoms with E-state index in [4.69, 9.17) is 5.73 Å². The number of rotatable bonds is 2. The summed E-state index contributed by atoms with van der Waals surface area (Å²) in [6.07, 6.45) is 0. The molecular weight excluding hydrogens is 150 g/mol. The first-order chi connectivity index (χ1) is 5.66. The van der Waals surface area contributed by atoms with Gasteiger partial charge < -0.3 is 16.0 Å². The molecule has 0 aromatic heterocycles. The van der Waals surface area contributed by atoms with Crippen LogP contribution < -0.4 is 16.0 Å². The molecule has 0 amide bonds. The van der Waals surface area contributed by atoms with E-state index in [1.807, 2.05) is 44.2 Å². The molecule has 0 atom stereocenters. The van der Waals surface area contributed by atoms with Crippen LogP contribution in [-0.2, 0) is 0 Å². The number of para-hydroxylation sites is 1. The van der Waals surface area contributed by atoms with Gasteiger partial charge in [-0.3, -0.25) is 0 Å². The van der Waals surface area contributed by atoms with Crippen LogP contribution in [-0.4, -0.2) is 21.1 Å². The van der Waals surface area contributed by atoms with Crippen LogP contribution in [0.5, 0.6) is 0 Å². The van der Waals surface area contributed by atoms with Crippen molar-refractivity contribution in [3.05, 3.63) is 18.2 Å². The van der Waals surface area contributed by atoms with Gasteiger partial charge in [-0.05, 0) is 12.1 Å². The van der Waals surface area contributed by atoms with Crippen molar-refractivity contribution in [1.29, 1.82) is 0 Å². The van der Waals surface area contributed by atoms with Gasteiger partial charge in [0.05, 0.1) is 17.1 Å². The summed E-state index contributed by atoms with van der Waals surface area (Å²) >= 11 is 0. The Morgan fingerprint density at radius 1 is 1.33 bits per heavy atom. The average molecular weight is 165 g/mol. The molecule has 0 bridgehead atoms. The number of nitrogen functional groups attached to an aromatic ring is 1. The van der Waals surface area contributed by atoms with Crippen molar-refractivity contribution in [1.82, 2.24) is 0 Å². The van der Waals surface area contributed by atoms with Crippen molar-refractivity contribution in [2.75, 3.05) is 37.1 Å². The van der Waals surface area contributed by atoms with Gasteiger partial charge in [0, 0.05) is 21.1 Å². The van der Waals surface area contributed by atoms with Crippen LogP contribution in [0.15, 0.2) is 18.2 Å². The minimum atomic E-state index is 0.798. The quantitative estimate of drug-likeness (QED) is 0.650. The number of hydrogen-bond acceptors (Lipinski definition) is 3. The minimum Gasteiger partial charge on any atom is -0.397 e. The van der Waals surface area contributed by atoms with Crippen LogP contribution in [0, 0.1) is 0 Å². The molecule has 0 spiro atoms. The lowest BCUT2D eigenvalue weighted by Gasteiger charge is -2.19. The molecule has 1 aromatic rings. The average Bonchev–Trinajstić information content (AvgIpc) is 2.03. The standard InChI is InChI=1S/C9H15N3/c1-11-8-6-4-5-7(10)9(8)12(2)3/h4-6,11H,10H2,1-3H3. The second-order valence-corrected chi connectivity index (χ2v) is 2.89. The molecule has 12 heavy (non-hydrogen) atoms. The highest BCUT2D eigenvalue weighted by atomic mass is 15.1. The molecule has 3 heteroatoms. The lowest BCUT2D eigenvalue weighted by molar-refractivity contribution is 1.13. The molecule has 1 rings (SSSR count). The summed E-state index contributed by atoms with van der Waals surface area (Å²) in [7, 11) is 5.85. The van der Waals surface area contributed by atoms with Crippen LogP contribution in [0.3, 0.4) is 0 Å². The van der Waals surface area contributed by atoms with Crippen molar-refractivity contribution in [3.8, 4) is 0 Å². The zero-order chi connectivity index (χ0) is 9.14. The summed E-state index contributed by atoms with van der Waals surface area (Å²) in [5.74, 6) is 0. The summed E-state index contributed by atoms with van der Waals surface area (Å²) < 4.78 is 0. The maximum absolute atomic E-state index is 5.82. The first-order valence-electron chi connectivity index (χ1n) is 3.90. The molecule has 0 heterocycles. The van der Waals surface area contributed by atoms with Crippen molar-refractivity contribution >= 4 is 17.1 Å². The van der Waals surface area contributed by atoms with Gasteiger partial charge in [0.2, 0.25) is 0 Å². The maximum Gasteiger partial charge on any atom is 0.0830 e. The van der Waals surface area contributed by atoms with E-state index in [2.05, 4.69) is 5.32 Å². The minimum absolute atomic E-state index is 0.798. The van der Waals surface area contributed by atoms with Gasteiger partial charge in [0.1, 0.15) is 0 Å². The summed E-state index contributed by atoms with van der Waals surface area (Å²) in [4.78, 5) is 2.00. The van der Waals surface area contributed by atoms with Gasteiger partial charge in [-0.15, -0.1) is 0 Å². The van der Waals surface area contributed by atoms with Crippen LogP contribution in [0.2, 0.25) is 0 Å². The Morgan fingerprint density at radius 2 is 2.00 bits per heavy atom. The largest absolute Gasteiger partial charge is 0.397 e. The Morgan fingerprint density at radius 3 is 2.42 bits per heavy atom. The summed E-state index contributed by atoms with van der Waals surface area (Å²) in [6, 6.07) is 5.84. The Labute approximate surface area is 73.2 Å². The van der Waals surface area contributed by atoms with Gasteiger partial charge >= 0.3 is 0 Å². The zero-order valence-electron chi connectivity index (χ0n) is 7.76. The number of nitrogens with zero attached hydrogens (tertiary/aromatic N) is 1. The van der Waals surface area contributed by atoms with Crippen molar-refractivity contribution in [2.45, 2.75) is 0 Å². The van der Waals surface area contributed by atoms with Gasteiger partial charge in [0.25, 0.3) is 0 Å². The summed E-state index contributed by atoms with van der Waals surface area (Å²) in [6.45, 7) is 0. The molecule has 0 aliphatic heterocycles. The number of anilines is 3. The van der Waals surface area contributed by atoms with Crippen LogP contribution >= 0.6 is 0 Å². The fraction of sp³-hybridized carbons (Fsp3) is 0.333. The molecule has 3 nitrogen and oxygen atoms in total. The molecule has 66 valence electrons. The lowest BCUT2D eigenvalue weighted by Crippen LogP contribution is -2.13. The Hall–Kier alpha value is -1.38. The van der Waals surface area contributed by atoms with Gasteiger partial charge in [-0.25, -0.2) is 0 Å². The van der Waals surface area contributed by atoms with E-state index in [9.17, 15) is 0 Å². The smallest absolute Gasteiger partial charge is 0.0830 e. The van der Waals surface area contributed by atoms with E-state index in [-0.39, 0.29) is 0 Å². The maximum atomic E-state index is 5.82. The molecule has 0 aliphatic rings. The van der Waals surface area contributed by atoms with Crippen molar-refractivity contribution in [3.63, 3.8) is 0 Å². The van der Waals surface area contributed by atoms with E-state index >= 15 is 0 Å². The highest BCUT2D eigenvalue weighted by Gasteiger charge is 2.05. The Balaban J connectivity index is 3.20. The molecule has 3 N–H and O–H groups in total. The number of hydrogen-bond donors (Lipinski definition) is 2. The lowest BCUT2D eigenvalue weighted by atomic mass is 10.2. The highest BCUT2D eigenvalue weighted by Crippen LogP contribution is 2.29. The molecule has 0 fully saturated rings. The van der Waals surface area contributed by atoms with Gasteiger partial charge in [-0.2, -0.15) is 0 Å². The van der Waals surface area contributed by atoms with E-state index < -0.39 is 0 Å². The molecule has 0 radical (unpaired) electrons. The van der Waals surface area contributed by atoms with E-state index in [1.165, 1.54) is 0 Å². The van der Waals surface area contributed by atoms with Crippen LogP contribution in [0.25, 0.3) is 0 Å². The van der Waals surface area contributed by atoms with Crippen LogP contribution in [0.1, 0.15) is 0 Å². The SMILES string of the molecule is CNc1cccc(N)c1N(C)C. The molecular formula is C9H15N3. The number of nitrogens with two attached hydrogens (primary N) is 1. The van der Waals surface area contributed by atoms with E-state index in [0.29, 0.717) is 0 Å². The molecule has 0 saturated carbocycles. The molecule has 1 aromatic carbocycles. The van der Waals surface area contributed by atoms with E-state index in [1.54, 1.807) is 0 Å². The Bertz CT molecular complexity index is 268. The predicted molar refractivity (Wildman–Crippen MR) is 54.7 cm³/mol. The van der Waals surface area contributed by atoms with E-state index in [0.717, 1.165) is 17.1 Å². The fourth-order valence-corrected chi connectivity index (χ4v) is 1.26. The molecule has 0 unspecified atom stereocenters. The van der Waals surface area contributed by atoms with Crippen molar-refractivity contribution in [2.24, 2.45) is 0 Å². The second kappa shape index (κ2) is 3.34.